The lowest BCUT2D eigenvalue weighted by molar-refractivity contribution is -0.121. The molecule has 1 heterocycles. The zero-order chi connectivity index (χ0) is 13.0. The summed E-state index contributed by atoms with van der Waals surface area (Å²) in [5.41, 5.74) is 1.18. The fraction of sp³-hybridized carbons (Fsp3) is 0.643. The number of amides is 1. The van der Waals surface area contributed by atoms with Crippen molar-refractivity contribution < 1.29 is 4.79 Å². The van der Waals surface area contributed by atoms with Crippen LogP contribution in [0.25, 0.3) is 0 Å². The fourth-order valence-corrected chi connectivity index (χ4v) is 2.09. The second-order valence-electron chi connectivity index (χ2n) is 5.08. The molecule has 2 rings (SSSR count). The molecule has 2 N–H and O–H groups in total. The predicted molar refractivity (Wildman–Crippen MR) is 72.3 cm³/mol. The van der Waals surface area contributed by atoms with Crippen LogP contribution < -0.4 is 10.6 Å². The van der Waals surface area contributed by atoms with E-state index in [9.17, 15) is 4.79 Å². The Hall–Kier alpha value is -1.29. The highest BCUT2D eigenvalue weighted by Crippen LogP contribution is 2.19. The molecule has 0 bridgehead atoms. The topological polar surface area (TPSA) is 46.1 Å². The molecule has 1 unspecified atom stereocenters. The molecule has 1 aromatic heterocycles. The Morgan fingerprint density at radius 1 is 1.56 bits per heavy atom. The summed E-state index contributed by atoms with van der Waals surface area (Å²) in [5, 5.41) is 6.47. The molecule has 1 amide bonds. The van der Waals surface area contributed by atoms with Crippen molar-refractivity contribution in [3.63, 3.8) is 0 Å². The molecule has 0 aromatic carbocycles. The highest BCUT2D eigenvalue weighted by molar-refractivity contribution is 5.76. The van der Waals surface area contributed by atoms with Gasteiger partial charge in [0.25, 0.3) is 0 Å². The molecule has 18 heavy (non-hydrogen) atoms. The van der Waals surface area contributed by atoms with Crippen molar-refractivity contribution in [3.8, 4) is 0 Å². The lowest BCUT2D eigenvalue weighted by Crippen LogP contribution is -2.30. The van der Waals surface area contributed by atoms with Gasteiger partial charge in [0, 0.05) is 24.0 Å². The number of nitrogens with zero attached hydrogens (tertiary/aromatic N) is 1. The van der Waals surface area contributed by atoms with Crippen LogP contribution in [0, 0.1) is 0 Å². The van der Waals surface area contributed by atoms with Crippen LogP contribution in [0.3, 0.4) is 0 Å². The van der Waals surface area contributed by atoms with Gasteiger partial charge in [-0.25, -0.2) is 0 Å². The third-order valence-electron chi connectivity index (χ3n) is 3.27. The lowest BCUT2D eigenvalue weighted by Gasteiger charge is -2.16. The normalized spacial score (nSPS) is 16.6. The zero-order valence-corrected chi connectivity index (χ0v) is 11.3. The summed E-state index contributed by atoms with van der Waals surface area (Å²) in [6.45, 7) is 5.72. The summed E-state index contributed by atoms with van der Waals surface area (Å²) in [6.07, 6.45) is 5.37. The molecule has 0 aliphatic heterocycles. The minimum atomic E-state index is 0.123. The van der Waals surface area contributed by atoms with Gasteiger partial charge in [-0.2, -0.15) is 0 Å². The number of hydrogen-bond acceptors (Lipinski definition) is 2. The Labute approximate surface area is 109 Å². The second-order valence-corrected chi connectivity index (χ2v) is 5.08. The molecule has 4 nitrogen and oxygen atoms in total. The first kappa shape index (κ1) is 13.1. The molecule has 0 spiro atoms. The van der Waals surface area contributed by atoms with Crippen LogP contribution in [0.5, 0.6) is 0 Å². The smallest absolute Gasteiger partial charge is 0.240 e. The second kappa shape index (κ2) is 6.05. The number of carbonyl (C=O) groups is 1. The Kier molecular flexibility index (Phi) is 4.42. The first-order valence-electron chi connectivity index (χ1n) is 6.88. The average Bonchev–Trinajstić information content (AvgIpc) is 3.02. The molecular formula is C14H23N3O. The zero-order valence-electron chi connectivity index (χ0n) is 11.3. The first-order valence-corrected chi connectivity index (χ1v) is 6.88. The van der Waals surface area contributed by atoms with Crippen molar-refractivity contribution in [2.24, 2.45) is 0 Å². The highest BCUT2D eigenvalue weighted by Gasteiger charge is 2.23. The van der Waals surface area contributed by atoms with Crippen molar-refractivity contribution in [1.82, 2.24) is 15.2 Å². The van der Waals surface area contributed by atoms with Gasteiger partial charge >= 0.3 is 0 Å². The first-order chi connectivity index (χ1) is 8.70. The summed E-state index contributed by atoms with van der Waals surface area (Å²) >= 11 is 0. The van der Waals surface area contributed by atoms with Gasteiger partial charge in [0.05, 0.1) is 0 Å². The van der Waals surface area contributed by atoms with Gasteiger partial charge in [0.1, 0.15) is 6.54 Å². The lowest BCUT2D eigenvalue weighted by atomic mass is 10.2. The molecule has 0 saturated heterocycles. The summed E-state index contributed by atoms with van der Waals surface area (Å²) in [7, 11) is 0. The number of hydrogen-bond donors (Lipinski definition) is 2. The SMILES string of the molecule is CCCNC(C)c1cccn1CC(=O)NC1CC1. The van der Waals surface area contributed by atoms with E-state index in [1.54, 1.807) is 0 Å². The summed E-state index contributed by atoms with van der Waals surface area (Å²) in [5.74, 6) is 0.123. The monoisotopic (exact) mass is 249 g/mol. The van der Waals surface area contributed by atoms with Crippen LogP contribution in [-0.2, 0) is 11.3 Å². The molecule has 1 saturated carbocycles. The summed E-state index contributed by atoms with van der Waals surface area (Å²) in [4.78, 5) is 11.8. The molecule has 0 radical (unpaired) electrons. The van der Waals surface area contributed by atoms with E-state index in [0.717, 1.165) is 25.8 Å². The largest absolute Gasteiger partial charge is 0.352 e. The van der Waals surface area contributed by atoms with Gasteiger partial charge in [-0.3, -0.25) is 4.79 Å². The van der Waals surface area contributed by atoms with Gasteiger partial charge < -0.3 is 15.2 Å². The summed E-state index contributed by atoms with van der Waals surface area (Å²) < 4.78 is 2.03. The molecule has 1 atom stereocenters. The molecule has 1 aliphatic carbocycles. The van der Waals surface area contributed by atoms with Crippen molar-refractivity contribution >= 4 is 5.91 Å². The van der Waals surface area contributed by atoms with Crippen molar-refractivity contribution in [1.29, 1.82) is 0 Å². The highest BCUT2D eigenvalue weighted by atomic mass is 16.2. The van der Waals surface area contributed by atoms with Crippen LogP contribution in [-0.4, -0.2) is 23.1 Å². The van der Waals surface area contributed by atoms with Crippen LogP contribution in [0.1, 0.15) is 44.8 Å². The summed E-state index contributed by atoms with van der Waals surface area (Å²) in [6, 6.07) is 4.81. The molecule has 1 aromatic rings. The van der Waals surface area contributed by atoms with Gasteiger partial charge in [-0.15, -0.1) is 0 Å². The maximum atomic E-state index is 11.8. The Balaban J connectivity index is 1.91. The Morgan fingerprint density at radius 3 is 3.00 bits per heavy atom. The van der Waals surface area contributed by atoms with E-state index in [4.69, 9.17) is 0 Å². The molecule has 100 valence electrons. The standard InChI is InChI=1S/C14H23N3O/c1-3-8-15-11(2)13-5-4-9-17(13)10-14(18)16-12-6-7-12/h4-5,9,11-12,15H,3,6-8,10H2,1-2H3,(H,16,18). The number of carbonyl (C=O) groups excluding carboxylic acids is 1. The Bertz CT molecular complexity index is 395. The number of nitrogens with one attached hydrogen (secondary N) is 2. The minimum absolute atomic E-state index is 0.123. The van der Waals surface area contributed by atoms with Gasteiger partial charge in [0.2, 0.25) is 5.91 Å². The van der Waals surface area contributed by atoms with Gasteiger partial charge in [-0.05, 0) is 44.9 Å². The number of rotatable bonds is 7. The van der Waals surface area contributed by atoms with Crippen molar-refractivity contribution in [3.05, 3.63) is 24.0 Å². The Morgan fingerprint density at radius 2 is 2.33 bits per heavy atom. The van der Waals surface area contributed by atoms with E-state index in [1.807, 2.05) is 16.8 Å². The van der Waals surface area contributed by atoms with Gasteiger partial charge in [-0.1, -0.05) is 6.92 Å². The van der Waals surface area contributed by atoms with E-state index in [1.165, 1.54) is 5.69 Å². The van der Waals surface area contributed by atoms with E-state index >= 15 is 0 Å². The van der Waals surface area contributed by atoms with E-state index in [-0.39, 0.29) is 11.9 Å². The molecule has 4 heteroatoms. The van der Waals surface area contributed by atoms with Crippen molar-refractivity contribution in [2.45, 2.75) is 51.7 Å². The average molecular weight is 249 g/mol. The number of aromatic nitrogens is 1. The van der Waals surface area contributed by atoms with E-state index in [0.29, 0.717) is 12.6 Å². The van der Waals surface area contributed by atoms with Crippen LogP contribution in [0.2, 0.25) is 0 Å². The van der Waals surface area contributed by atoms with E-state index < -0.39 is 0 Å². The van der Waals surface area contributed by atoms with Crippen molar-refractivity contribution in [2.75, 3.05) is 6.54 Å². The van der Waals surface area contributed by atoms with Crippen LogP contribution in [0.15, 0.2) is 18.3 Å². The quantitative estimate of drug-likeness (QED) is 0.774. The maximum absolute atomic E-state index is 11.8. The molecule has 1 fully saturated rings. The van der Waals surface area contributed by atoms with Crippen LogP contribution in [0.4, 0.5) is 0 Å². The fourth-order valence-electron chi connectivity index (χ4n) is 2.09. The third kappa shape index (κ3) is 3.60. The molecule has 1 aliphatic rings. The third-order valence-corrected chi connectivity index (χ3v) is 3.27. The van der Waals surface area contributed by atoms with Gasteiger partial charge in [0.15, 0.2) is 0 Å². The minimum Gasteiger partial charge on any atom is -0.352 e. The van der Waals surface area contributed by atoms with E-state index in [2.05, 4.69) is 30.5 Å². The molecular weight excluding hydrogens is 226 g/mol. The maximum Gasteiger partial charge on any atom is 0.240 e. The predicted octanol–water partition coefficient (Wildman–Crippen LogP) is 1.83. The van der Waals surface area contributed by atoms with Crippen LogP contribution >= 0.6 is 0 Å².